The van der Waals surface area contributed by atoms with Crippen molar-refractivity contribution in [1.29, 1.82) is 0 Å². The summed E-state index contributed by atoms with van der Waals surface area (Å²) in [6.45, 7) is 3.34. The summed E-state index contributed by atoms with van der Waals surface area (Å²) in [5.41, 5.74) is -0.0802. The summed E-state index contributed by atoms with van der Waals surface area (Å²) in [5.74, 6) is -1.57. The van der Waals surface area contributed by atoms with Gasteiger partial charge in [-0.3, -0.25) is 4.79 Å². The van der Waals surface area contributed by atoms with Crippen LogP contribution >= 0.6 is 0 Å². The quantitative estimate of drug-likeness (QED) is 0.685. The van der Waals surface area contributed by atoms with Crippen LogP contribution in [0.5, 0.6) is 0 Å². The summed E-state index contributed by atoms with van der Waals surface area (Å²) in [6, 6.07) is 2.09. The van der Waals surface area contributed by atoms with Gasteiger partial charge in [0.05, 0.1) is 5.56 Å². The maximum atomic E-state index is 13.4. The van der Waals surface area contributed by atoms with Gasteiger partial charge >= 0.3 is 0 Å². The van der Waals surface area contributed by atoms with E-state index in [0.717, 1.165) is 18.9 Å². The van der Waals surface area contributed by atoms with Crippen molar-refractivity contribution in [2.75, 3.05) is 0 Å². The van der Waals surface area contributed by atoms with Crippen LogP contribution in [-0.4, -0.2) is 5.78 Å². The van der Waals surface area contributed by atoms with Crippen molar-refractivity contribution >= 4 is 5.78 Å². The van der Waals surface area contributed by atoms with Crippen LogP contribution in [0.1, 0.15) is 35.7 Å². The first-order valence-corrected chi connectivity index (χ1v) is 4.94. The molecule has 0 amide bonds. The zero-order valence-electron chi connectivity index (χ0n) is 8.73. The molecule has 15 heavy (non-hydrogen) atoms. The monoisotopic (exact) mass is 210 g/mol. The molecule has 1 saturated carbocycles. The van der Waals surface area contributed by atoms with Crippen molar-refractivity contribution in [2.24, 2.45) is 5.41 Å². The van der Waals surface area contributed by atoms with Crippen LogP contribution in [0.15, 0.2) is 12.1 Å². The number of halogens is 2. The zero-order valence-corrected chi connectivity index (χ0v) is 8.73. The standard InChI is InChI=1S/C12H12F2O/c1-7-5-8(10(14)6-9(7)13)11(15)12(2)3-4-12/h5-6H,3-4H2,1-2H3. The predicted molar refractivity (Wildman–Crippen MR) is 52.8 cm³/mol. The molecule has 0 atom stereocenters. The van der Waals surface area contributed by atoms with Crippen molar-refractivity contribution in [3.05, 3.63) is 34.9 Å². The molecular weight excluding hydrogens is 198 g/mol. The van der Waals surface area contributed by atoms with E-state index in [0.29, 0.717) is 5.56 Å². The summed E-state index contributed by atoms with van der Waals surface area (Å²) in [7, 11) is 0. The molecule has 1 aromatic rings. The van der Waals surface area contributed by atoms with Crippen molar-refractivity contribution in [3.63, 3.8) is 0 Å². The van der Waals surface area contributed by atoms with Crippen LogP contribution in [0, 0.1) is 24.0 Å². The fourth-order valence-electron chi connectivity index (χ4n) is 1.57. The number of benzene rings is 1. The van der Waals surface area contributed by atoms with Crippen molar-refractivity contribution in [2.45, 2.75) is 26.7 Å². The summed E-state index contributed by atoms with van der Waals surface area (Å²) in [6.07, 6.45) is 1.59. The number of hydrogen-bond donors (Lipinski definition) is 0. The van der Waals surface area contributed by atoms with Gasteiger partial charge in [0.15, 0.2) is 5.78 Å². The van der Waals surface area contributed by atoms with Crippen LogP contribution in [0.4, 0.5) is 8.78 Å². The predicted octanol–water partition coefficient (Wildman–Crippen LogP) is 3.26. The minimum Gasteiger partial charge on any atom is -0.293 e. The van der Waals surface area contributed by atoms with Gasteiger partial charge in [0.1, 0.15) is 11.6 Å². The van der Waals surface area contributed by atoms with E-state index in [9.17, 15) is 13.6 Å². The van der Waals surface area contributed by atoms with Crippen molar-refractivity contribution < 1.29 is 13.6 Å². The van der Waals surface area contributed by atoms with Gasteiger partial charge in [-0.05, 0) is 31.4 Å². The fraction of sp³-hybridized carbons (Fsp3) is 0.417. The van der Waals surface area contributed by atoms with Crippen molar-refractivity contribution in [1.82, 2.24) is 0 Å². The molecule has 80 valence electrons. The normalized spacial score (nSPS) is 17.6. The molecule has 0 aliphatic heterocycles. The van der Waals surface area contributed by atoms with E-state index in [1.165, 1.54) is 13.0 Å². The van der Waals surface area contributed by atoms with E-state index in [1.54, 1.807) is 0 Å². The molecule has 0 bridgehead atoms. The lowest BCUT2D eigenvalue weighted by molar-refractivity contribution is 0.0908. The SMILES string of the molecule is Cc1cc(C(=O)C2(C)CC2)c(F)cc1F. The van der Waals surface area contributed by atoms with Crippen LogP contribution in [-0.2, 0) is 0 Å². The Morgan fingerprint density at radius 1 is 1.27 bits per heavy atom. The minimum absolute atomic E-state index is 0.0221. The number of hydrogen-bond acceptors (Lipinski definition) is 1. The number of rotatable bonds is 2. The lowest BCUT2D eigenvalue weighted by Gasteiger charge is -2.09. The van der Waals surface area contributed by atoms with Gasteiger partial charge in [0.2, 0.25) is 0 Å². The first kappa shape index (κ1) is 10.3. The Morgan fingerprint density at radius 2 is 1.87 bits per heavy atom. The summed E-state index contributed by atoms with van der Waals surface area (Å²) in [5, 5.41) is 0. The smallest absolute Gasteiger partial charge is 0.171 e. The maximum Gasteiger partial charge on any atom is 0.171 e. The number of Topliss-reactive ketones (excluding diaryl/α,β-unsaturated/α-hetero) is 1. The van der Waals surface area contributed by atoms with Crippen LogP contribution in [0.2, 0.25) is 0 Å². The van der Waals surface area contributed by atoms with Crippen LogP contribution in [0.3, 0.4) is 0 Å². The molecule has 3 heteroatoms. The topological polar surface area (TPSA) is 17.1 Å². The van der Waals surface area contributed by atoms with Gasteiger partial charge in [-0.15, -0.1) is 0 Å². The maximum absolute atomic E-state index is 13.4. The molecule has 0 spiro atoms. The van der Waals surface area contributed by atoms with E-state index in [4.69, 9.17) is 0 Å². The van der Waals surface area contributed by atoms with Gasteiger partial charge in [-0.1, -0.05) is 6.92 Å². The highest BCUT2D eigenvalue weighted by Crippen LogP contribution is 2.47. The molecule has 1 nitrogen and oxygen atoms in total. The molecule has 1 aromatic carbocycles. The first-order chi connectivity index (χ1) is 6.94. The Labute approximate surface area is 87.1 Å². The zero-order chi connectivity index (χ0) is 11.2. The largest absolute Gasteiger partial charge is 0.293 e. The van der Waals surface area contributed by atoms with E-state index in [1.807, 2.05) is 6.92 Å². The van der Waals surface area contributed by atoms with Gasteiger partial charge in [-0.25, -0.2) is 8.78 Å². The minimum atomic E-state index is -0.753. The molecule has 1 aliphatic carbocycles. The number of carbonyl (C=O) groups is 1. The molecule has 1 aliphatic rings. The summed E-state index contributed by atoms with van der Waals surface area (Å²) < 4.78 is 26.4. The van der Waals surface area contributed by atoms with E-state index < -0.39 is 17.0 Å². The first-order valence-electron chi connectivity index (χ1n) is 4.94. The van der Waals surface area contributed by atoms with Crippen LogP contribution < -0.4 is 0 Å². The van der Waals surface area contributed by atoms with E-state index >= 15 is 0 Å². The Morgan fingerprint density at radius 3 is 2.40 bits per heavy atom. The average molecular weight is 210 g/mol. The van der Waals surface area contributed by atoms with Gasteiger partial charge in [0, 0.05) is 11.5 Å². The number of aryl methyl sites for hydroxylation is 1. The second-order valence-corrected chi connectivity index (χ2v) is 4.47. The highest BCUT2D eigenvalue weighted by molar-refractivity contribution is 6.02. The molecule has 1 fully saturated rings. The van der Waals surface area contributed by atoms with E-state index in [-0.39, 0.29) is 11.3 Å². The number of carbonyl (C=O) groups excluding carboxylic acids is 1. The Bertz CT molecular complexity index is 433. The van der Waals surface area contributed by atoms with E-state index in [2.05, 4.69) is 0 Å². The molecule has 0 heterocycles. The average Bonchev–Trinajstić information content (AvgIpc) is 2.90. The lowest BCUT2D eigenvalue weighted by Crippen LogP contribution is -2.14. The Hall–Kier alpha value is -1.25. The van der Waals surface area contributed by atoms with Gasteiger partial charge in [-0.2, -0.15) is 0 Å². The highest BCUT2D eigenvalue weighted by atomic mass is 19.1. The molecule has 0 aromatic heterocycles. The third kappa shape index (κ3) is 1.66. The van der Waals surface area contributed by atoms with Crippen LogP contribution in [0.25, 0.3) is 0 Å². The molecule has 2 rings (SSSR count). The van der Waals surface area contributed by atoms with Gasteiger partial charge < -0.3 is 0 Å². The molecule has 0 N–H and O–H groups in total. The molecule has 0 radical (unpaired) electrons. The lowest BCUT2D eigenvalue weighted by atomic mass is 9.95. The summed E-state index contributed by atoms with van der Waals surface area (Å²) in [4.78, 5) is 11.9. The molecule has 0 saturated heterocycles. The third-order valence-corrected chi connectivity index (χ3v) is 3.04. The fourth-order valence-corrected chi connectivity index (χ4v) is 1.57. The third-order valence-electron chi connectivity index (χ3n) is 3.04. The number of ketones is 1. The molecule has 0 unspecified atom stereocenters. The second kappa shape index (κ2) is 3.12. The highest BCUT2D eigenvalue weighted by Gasteiger charge is 2.45. The summed E-state index contributed by atoms with van der Waals surface area (Å²) >= 11 is 0. The van der Waals surface area contributed by atoms with Gasteiger partial charge in [0.25, 0.3) is 0 Å². The Kier molecular flexibility index (Phi) is 2.14. The van der Waals surface area contributed by atoms with Crippen molar-refractivity contribution in [3.8, 4) is 0 Å². The Balaban J connectivity index is 2.44. The second-order valence-electron chi connectivity index (χ2n) is 4.47. The molecular formula is C12H12F2O.